The van der Waals surface area contributed by atoms with E-state index in [9.17, 15) is 0 Å². The molecule has 0 aliphatic heterocycles. The van der Waals surface area contributed by atoms with Crippen molar-refractivity contribution in [3.8, 4) is 0 Å². The van der Waals surface area contributed by atoms with Gasteiger partial charge in [0.15, 0.2) is 0 Å². The van der Waals surface area contributed by atoms with Gasteiger partial charge in [0.1, 0.15) is 0 Å². The van der Waals surface area contributed by atoms with Crippen molar-refractivity contribution in [3.63, 3.8) is 0 Å². The number of hydrogen-bond acceptors (Lipinski definition) is 1. The third kappa shape index (κ3) is 23.1. The van der Waals surface area contributed by atoms with Crippen LogP contribution in [-0.2, 0) is 18.7 Å². The fourth-order valence-electron chi connectivity index (χ4n) is 0. The number of rotatable bonds is 0. The summed E-state index contributed by atoms with van der Waals surface area (Å²) in [6.45, 7) is 0. The third-order valence-corrected chi connectivity index (χ3v) is 0. The Hall–Kier alpha value is 0.488. The van der Waals surface area contributed by atoms with E-state index in [-0.39, 0.29) is 10.1 Å². The van der Waals surface area contributed by atoms with Crippen LogP contribution >= 0.6 is 0 Å². The summed E-state index contributed by atoms with van der Waals surface area (Å²) < 4.78 is 8.84. The summed E-state index contributed by atoms with van der Waals surface area (Å²) >= 11 is 0.562. The van der Waals surface area contributed by atoms with Crippen LogP contribution in [0.5, 0.6) is 0 Å². The molecule has 0 aliphatic rings. The van der Waals surface area contributed by atoms with Gasteiger partial charge in [-0.1, -0.05) is 0 Å². The van der Waals surface area contributed by atoms with Crippen molar-refractivity contribution < 1.29 is 18.7 Å². The Morgan fingerprint density at radius 3 is 1.75 bits per heavy atom. The van der Waals surface area contributed by atoms with Crippen molar-refractivity contribution in [2.75, 3.05) is 0 Å². The van der Waals surface area contributed by atoms with E-state index in [1.165, 1.54) is 5.82 Å². The molecule has 0 unspecified atom stereocenters. The summed E-state index contributed by atoms with van der Waals surface area (Å²) in [6.07, 6.45) is 0. The Labute approximate surface area is 35.4 Å². The molecule has 0 N–H and O–H groups in total. The van der Waals surface area contributed by atoms with Gasteiger partial charge in [0, 0.05) is 0 Å². The van der Waals surface area contributed by atoms with Gasteiger partial charge in [0.25, 0.3) is 0 Å². The van der Waals surface area contributed by atoms with Gasteiger partial charge in [-0.2, -0.15) is 0 Å². The Bertz CT molecular complexity index is 15.5. The fraction of sp³-hybridized carbons (Fsp3) is 1.00. The molecule has 0 amide bonds. The zero-order chi connectivity index (χ0) is 2.71. The van der Waals surface area contributed by atoms with E-state index in [1.54, 1.807) is 0 Å². The Morgan fingerprint density at radius 1 is 1.75 bits per heavy atom. The quantitative estimate of drug-likeness (QED) is 0.382. The number of hydrogen-bond donors (Lipinski definition) is 0. The molecule has 1 nitrogen and oxygen atoms in total. The van der Waals surface area contributed by atoms with Gasteiger partial charge < -0.3 is 0 Å². The second-order valence-corrected chi connectivity index (χ2v) is 0.508. The summed E-state index contributed by atoms with van der Waals surface area (Å²) in [7, 11) is 0. The monoisotopic (exact) mass is 105 g/mol. The topological polar surface area (TPSA) is 17.1 Å². The second-order valence-electron chi connectivity index (χ2n) is 0.123. The average molecular weight is 106 g/mol. The fourth-order valence-corrected chi connectivity index (χ4v) is 0. The molecule has 28 valence electrons. The van der Waals surface area contributed by atoms with E-state index in [4.69, 9.17) is 3.83 Å². The van der Waals surface area contributed by atoms with Gasteiger partial charge in [-0.25, -0.2) is 0 Å². The van der Waals surface area contributed by atoms with Gasteiger partial charge in [0.05, 0.1) is 0 Å². The molecule has 0 aromatic heterocycles. The molecule has 3 heteroatoms. The zero-order valence-corrected chi connectivity index (χ0v) is 2.65. The molecule has 0 saturated carbocycles. The van der Waals surface area contributed by atoms with Gasteiger partial charge in [0.2, 0.25) is 0 Å². The summed E-state index contributed by atoms with van der Waals surface area (Å²) in [5, 5.41) is 0. The Balaban J connectivity index is 0. The predicted molar refractivity (Wildman–Crippen MR) is 15.1 cm³/mol. The van der Waals surface area contributed by atoms with E-state index in [1.807, 2.05) is 0 Å². The first-order valence-corrected chi connectivity index (χ1v) is 1.75. The van der Waals surface area contributed by atoms with Crippen LogP contribution in [0.1, 0.15) is 0 Å². The van der Waals surface area contributed by atoms with Crippen LogP contribution in [0.15, 0.2) is 0 Å². The van der Waals surface area contributed by atoms with Gasteiger partial charge in [-0.05, 0) is 0 Å². The van der Waals surface area contributed by atoms with E-state index in [0.717, 1.165) is 0 Å². The van der Waals surface area contributed by atoms with E-state index in [2.05, 4.69) is 0 Å². The van der Waals surface area contributed by atoms with Crippen molar-refractivity contribution in [3.05, 3.63) is 0 Å². The molecule has 0 atom stereocenters. The predicted octanol–water partition coefficient (Wildman–Crippen LogP) is -0.454. The molecular formula is CH5BeCuO. The standard InChI is InChI=1S/CH3.Be.Cu.O.2H/h1H3;;;;;. The van der Waals surface area contributed by atoms with Crippen molar-refractivity contribution in [1.82, 2.24) is 0 Å². The van der Waals surface area contributed by atoms with Crippen molar-refractivity contribution in [1.29, 1.82) is 0 Å². The molecule has 0 bridgehead atoms. The molecule has 0 saturated heterocycles. The third-order valence-electron chi connectivity index (χ3n) is 0. The molecule has 0 spiro atoms. The van der Waals surface area contributed by atoms with E-state index < -0.39 is 0 Å². The van der Waals surface area contributed by atoms with Crippen LogP contribution in [0.3, 0.4) is 0 Å². The Morgan fingerprint density at radius 2 is 1.75 bits per heavy atom. The van der Waals surface area contributed by atoms with Crippen LogP contribution in [0, 0.1) is 0 Å². The maximum atomic E-state index is 8.84. The first kappa shape index (κ1) is 8.82. The molecule has 4 heavy (non-hydrogen) atoms. The molecule has 0 aromatic carbocycles. The van der Waals surface area contributed by atoms with Crippen molar-refractivity contribution in [2.45, 2.75) is 5.82 Å². The first-order chi connectivity index (χ1) is 1.41. The first-order valence-electron chi connectivity index (χ1n) is 0.425. The normalized spacial score (nSPS) is 5.25. The zero-order valence-electron chi connectivity index (χ0n) is 1.71. The minimum absolute atomic E-state index is 0. The average Bonchev–Trinajstić information content (AvgIpc) is 0.918. The summed E-state index contributed by atoms with van der Waals surface area (Å²) in [5.41, 5.74) is 0. The van der Waals surface area contributed by atoms with Crippen LogP contribution in [0.4, 0.5) is 0 Å². The summed E-state index contributed by atoms with van der Waals surface area (Å²) in [5.74, 6) is 1.48. The van der Waals surface area contributed by atoms with Gasteiger partial charge in [-0.3, -0.25) is 0 Å². The SMILES string of the molecule is [BeH2].[CH3][Cu]=[O]. The maximum absolute atomic E-state index is 8.84. The van der Waals surface area contributed by atoms with Crippen LogP contribution in [0.25, 0.3) is 0 Å². The van der Waals surface area contributed by atoms with Crippen LogP contribution in [0.2, 0.25) is 5.82 Å². The van der Waals surface area contributed by atoms with E-state index in [0.29, 0.717) is 14.9 Å². The summed E-state index contributed by atoms with van der Waals surface area (Å²) in [6, 6.07) is 0. The minimum atomic E-state index is 0. The Kier molecular flexibility index (Phi) is 21.5. The van der Waals surface area contributed by atoms with Crippen LogP contribution in [-0.4, -0.2) is 10.1 Å². The van der Waals surface area contributed by atoms with Crippen molar-refractivity contribution >= 4 is 10.1 Å². The molecule has 0 heterocycles. The molecule has 0 rings (SSSR count). The second kappa shape index (κ2) is 9.75. The van der Waals surface area contributed by atoms with Gasteiger partial charge in [-0.15, -0.1) is 0 Å². The molecule has 0 radical (unpaired) electrons. The van der Waals surface area contributed by atoms with E-state index >= 15 is 0 Å². The molecular weight excluding hydrogens is 101 g/mol. The molecule has 0 aromatic rings. The van der Waals surface area contributed by atoms with Crippen molar-refractivity contribution in [2.24, 2.45) is 0 Å². The van der Waals surface area contributed by atoms with Gasteiger partial charge >= 0.3 is 34.7 Å². The van der Waals surface area contributed by atoms with Crippen LogP contribution < -0.4 is 0 Å². The molecule has 0 fully saturated rings. The summed E-state index contributed by atoms with van der Waals surface area (Å²) in [4.78, 5) is 0. The molecule has 0 aliphatic carbocycles.